The highest BCUT2D eigenvalue weighted by molar-refractivity contribution is 5.92. The van der Waals surface area contributed by atoms with Crippen LogP contribution < -0.4 is 4.74 Å². The number of ether oxygens (including phenoxy) is 1. The molecular weight excluding hydrogens is 536 g/mol. The van der Waals surface area contributed by atoms with Crippen molar-refractivity contribution in [3.05, 3.63) is 83.4 Å². The minimum absolute atomic E-state index is 0.0986. The second-order valence-electron chi connectivity index (χ2n) is 11.1. The third-order valence-corrected chi connectivity index (χ3v) is 7.61. The summed E-state index contributed by atoms with van der Waals surface area (Å²) in [7, 11) is 3.20. The highest BCUT2D eigenvalue weighted by atomic mass is 16.5. The molecular formula is C31H36N6O5. The van der Waals surface area contributed by atoms with E-state index >= 15 is 0 Å². The van der Waals surface area contributed by atoms with E-state index in [1.165, 1.54) is 7.11 Å². The van der Waals surface area contributed by atoms with E-state index in [4.69, 9.17) is 9.26 Å². The van der Waals surface area contributed by atoms with E-state index in [-0.39, 0.29) is 30.0 Å². The molecule has 1 unspecified atom stereocenters. The first-order chi connectivity index (χ1) is 20.1. The number of carbonyl (C=O) groups is 2. The molecule has 220 valence electrons. The molecule has 1 aliphatic rings. The standard InChI is InChI=1S/C31H36N6O5/c1-18(2)28(26-13-27(41-5)35-42-26)31(40)37-17-23(38)12-25(37)29-33-15-24(34-29)30(39)36(4)16-20-7-10-21(11-8-20)22-9-6-19(3)32-14-22/h6-11,13-15,18,23,25,28,38H,12,16-17H2,1-5H3,(H,33,34)/t23-,25+,28?/m1/s1. The summed E-state index contributed by atoms with van der Waals surface area (Å²) in [4.78, 5) is 42.2. The maximum atomic E-state index is 13.8. The molecule has 42 heavy (non-hydrogen) atoms. The number of methoxy groups -OCH3 is 1. The van der Waals surface area contributed by atoms with Gasteiger partial charge in [0, 0.05) is 56.3 Å². The first kappa shape index (κ1) is 29.0. The zero-order chi connectivity index (χ0) is 30.0. The summed E-state index contributed by atoms with van der Waals surface area (Å²) in [5.74, 6) is -0.0492. The molecule has 0 aliphatic carbocycles. The second kappa shape index (κ2) is 12.2. The average Bonchev–Trinajstić information content (AvgIpc) is 3.73. The van der Waals surface area contributed by atoms with Crippen LogP contribution in [0.25, 0.3) is 11.1 Å². The van der Waals surface area contributed by atoms with Gasteiger partial charge >= 0.3 is 0 Å². The number of nitrogens with zero attached hydrogens (tertiary/aromatic N) is 5. The fraction of sp³-hybridized carbons (Fsp3) is 0.387. The van der Waals surface area contributed by atoms with Gasteiger partial charge in [-0.05, 0) is 35.2 Å². The lowest BCUT2D eigenvalue weighted by Gasteiger charge is -2.28. The van der Waals surface area contributed by atoms with Gasteiger partial charge < -0.3 is 29.2 Å². The lowest BCUT2D eigenvalue weighted by Crippen LogP contribution is -2.37. The first-order valence-corrected chi connectivity index (χ1v) is 14.0. The van der Waals surface area contributed by atoms with Crippen molar-refractivity contribution >= 4 is 11.8 Å². The van der Waals surface area contributed by atoms with E-state index < -0.39 is 18.1 Å². The number of benzene rings is 1. The fourth-order valence-electron chi connectivity index (χ4n) is 5.34. The fourth-order valence-corrected chi connectivity index (χ4v) is 5.34. The summed E-state index contributed by atoms with van der Waals surface area (Å²) in [6.45, 7) is 6.35. The zero-order valence-electron chi connectivity index (χ0n) is 24.4. The molecule has 1 fully saturated rings. The minimum Gasteiger partial charge on any atom is -0.479 e. The number of aryl methyl sites for hydroxylation is 1. The van der Waals surface area contributed by atoms with Crippen LogP contribution in [0.1, 0.15) is 65.6 Å². The third-order valence-electron chi connectivity index (χ3n) is 7.61. The second-order valence-corrected chi connectivity index (χ2v) is 11.1. The van der Waals surface area contributed by atoms with Gasteiger partial charge in [0.1, 0.15) is 17.4 Å². The number of aliphatic hydroxyl groups is 1. The molecule has 3 aromatic heterocycles. The van der Waals surface area contributed by atoms with Gasteiger partial charge in [0.25, 0.3) is 11.8 Å². The number of carbonyl (C=O) groups excluding carboxylic acids is 2. The van der Waals surface area contributed by atoms with Gasteiger partial charge in [-0.15, -0.1) is 0 Å². The largest absolute Gasteiger partial charge is 0.479 e. The van der Waals surface area contributed by atoms with Gasteiger partial charge in [-0.25, -0.2) is 4.98 Å². The van der Waals surface area contributed by atoms with Crippen LogP contribution in [0.15, 0.2) is 59.4 Å². The molecule has 11 nitrogen and oxygen atoms in total. The van der Waals surface area contributed by atoms with Gasteiger partial charge in [-0.1, -0.05) is 44.2 Å². The van der Waals surface area contributed by atoms with Crippen molar-refractivity contribution < 1.29 is 24.0 Å². The third kappa shape index (κ3) is 6.06. The number of aliphatic hydroxyl groups excluding tert-OH is 1. The molecule has 0 bridgehead atoms. The van der Waals surface area contributed by atoms with Crippen molar-refractivity contribution in [3.8, 4) is 17.0 Å². The number of aromatic nitrogens is 4. The van der Waals surface area contributed by atoms with E-state index in [1.807, 2.05) is 63.4 Å². The SMILES string of the molecule is COc1cc(C(C(=O)N2C[C@H](O)C[C@H]2c2nc(C(=O)N(C)Cc3ccc(-c4ccc(C)nc4)cc3)c[nH]2)C(C)C)on1. The topological polar surface area (TPSA) is 138 Å². The quantitative estimate of drug-likeness (QED) is 0.306. The number of nitrogens with one attached hydrogen (secondary N) is 1. The van der Waals surface area contributed by atoms with E-state index in [0.717, 1.165) is 22.4 Å². The van der Waals surface area contributed by atoms with Gasteiger partial charge in [-0.2, -0.15) is 0 Å². The van der Waals surface area contributed by atoms with Crippen LogP contribution in [0.5, 0.6) is 5.88 Å². The minimum atomic E-state index is -0.721. The number of hydrogen-bond acceptors (Lipinski definition) is 8. The van der Waals surface area contributed by atoms with Crippen molar-refractivity contribution in [2.75, 3.05) is 20.7 Å². The van der Waals surface area contributed by atoms with Crippen LogP contribution in [0.2, 0.25) is 0 Å². The molecule has 0 saturated carbocycles. The summed E-state index contributed by atoms with van der Waals surface area (Å²) in [6.07, 6.45) is 2.98. The van der Waals surface area contributed by atoms with Crippen molar-refractivity contribution in [1.82, 2.24) is 29.9 Å². The lowest BCUT2D eigenvalue weighted by atomic mass is 9.91. The van der Waals surface area contributed by atoms with Crippen LogP contribution in [-0.4, -0.2) is 73.6 Å². The van der Waals surface area contributed by atoms with E-state index in [9.17, 15) is 14.7 Å². The average molecular weight is 573 g/mol. The van der Waals surface area contributed by atoms with Gasteiger partial charge in [0.15, 0.2) is 5.76 Å². The highest BCUT2D eigenvalue weighted by Gasteiger charge is 2.42. The molecule has 2 N–H and O–H groups in total. The normalized spacial score (nSPS) is 17.5. The molecule has 3 atom stereocenters. The number of pyridine rings is 1. The summed E-state index contributed by atoms with van der Waals surface area (Å²) < 4.78 is 10.5. The van der Waals surface area contributed by atoms with Gasteiger partial charge in [0.2, 0.25) is 5.91 Å². The molecule has 2 amide bonds. The number of amides is 2. The Labute approximate surface area is 244 Å². The number of hydrogen-bond donors (Lipinski definition) is 2. The maximum absolute atomic E-state index is 13.8. The molecule has 1 saturated heterocycles. The number of likely N-dealkylation sites (tertiary alicyclic amines) is 1. The van der Waals surface area contributed by atoms with Crippen molar-refractivity contribution in [2.45, 2.75) is 51.8 Å². The van der Waals surface area contributed by atoms with Gasteiger partial charge in [0.05, 0.1) is 19.3 Å². The Morgan fingerprint density at radius 2 is 1.93 bits per heavy atom. The van der Waals surface area contributed by atoms with Crippen LogP contribution >= 0.6 is 0 Å². The van der Waals surface area contributed by atoms with E-state index in [2.05, 4.69) is 20.1 Å². The molecule has 4 heterocycles. The van der Waals surface area contributed by atoms with Gasteiger partial charge in [-0.3, -0.25) is 14.6 Å². The highest BCUT2D eigenvalue weighted by Crippen LogP contribution is 2.37. The van der Waals surface area contributed by atoms with Crippen molar-refractivity contribution in [1.29, 1.82) is 0 Å². The van der Waals surface area contributed by atoms with Crippen LogP contribution in [-0.2, 0) is 11.3 Å². The Hall–Kier alpha value is -4.51. The summed E-state index contributed by atoms with van der Waals surface area (Å²) in [5.41, 5.74) is 4.27. The molecule has 5 rings (SSSR count). The number of β-amino-alcohol motifs (C(OH)–C–C–N with tert-alkyl or cyclic N) is 1. The zero-order valence-corrected chi connectivity index (χ0v) is 24.4. The lowest BCUT2D eigenvalue weighted by molar-refractivity contribution is -0.135. The Morgan fingerprint density at radius 3 is 2.57 bits per heavy atom. The molecule has 4 aromatic rings. The Morgan fingerprint density at radius 1 is 1.19 bits per heavy atom. The number of rotatable bonds is 9. The predicted molar refractivity (Wildman–Crippen MR) is 155 cm³/mol. The number of aromatic amines is 1. The van der Waals surface area contributed by atoms with E-state index in [1.54, 1.807) is 29.1 Å². The van der Waals surface area contributed by atoms with Crippen molar-refractivity contribution in [2.24, 2.45) is 5.92 Å². The Kier molecular flexibility index (Phi) is 8.39. The van der Waals surface area contributed by atoms with E-state index in [0.29, 0.717) is 30.4 Å². The summed E-state index contributed by atoms with van der Waals surface area (Å²) in [5, 5.41) is 14.4. The maximum Gasteiger partial charge on any atom is 0.274 e. The molecule has 1 aromatic carbocycles. The summed E-state index contributed by atoms with van der Waals surface area (Å²) in [6, 6.07) is 13.1. The van der Waals surface area contributed by atoms with Crippen LogP contribution in [0.3, 0.4) is 0 Å². The monoisotopic (exact) mass is 572 g/mol. The molecule has 0 spiro atoms. The number of H-pyrrole nitrogens is 1. The molecule has 11 heteroatoms. The Bertz CT molecular complexity index is 1530. The van der Waals surface area contributed by atoms with Crippen LogP contribution in [0.4, 0.5) is 0 Å². The first-order valence-electron chi connectivity index (χ1n) is 14.0. The van der Waals surface area contributed by atoms with Crippen LogP contribution in [0, 0.1) is 12.8 Å². The predicted octanol–water partition coefficient (Wildman–Crippen LogP) is 4.12. The molecule has 1 aliphatic heterocycles. The number of imidazole rings is 1. The smallest absolute Gasteiger partial charge is 0.274 e. The Balaban J connectivity index is 1.28. The summed E-state index contributed by atoms with van der Waals surface area (Å²) >= 11 is 0. The molecule has 0 radical (unpaired) electrons. The van der Waals surface area contributed by atoms with Crippen molar-refractivity contribution in [3.63, 3.8) is 0 Å².